The highest BCUT2D eigenvalue weighted by molar-refractivity contribution is 7.18. The monoisotopic (exact) mass is 424 g/mol. The van der Waals surface area contributed by atoms with Gasteiger partial charge < -0.3 is 10.6 Å². The van der Waals surface area contributed by atoms with Gasteiger partial charge in [-0.05, 0) is 43.2 Å². The summed E-state index contributed by atoms with van der Waals surface area (Å²) in [6, 6.07) is 15.5. The molecule has 1 saturated carbocycles. The molecule has 0 bridgehead atoms. The van der Waals surface area contributed by atoms with Crippen molar-refractivity contribution in [1.82, 2.24) is 15.6 Å². The molecule has 1 fully saturated rings. The van der Waals surface area contributed by atoms with E-state index in [1.807, 2.05) is 24.3 Å². The van der Waals surface area contributed by atoms with Gasteiger partial charge in [0.05, 0.1) is 21.3 Å². The Hall–Kier alpha value is -2.95. The highest BCUT2D eigenvalue weighted by atomic mass is 35.5. The minimum Gasteiger partial charge on any atom is -0.340 e. The minimum atomic E-state index is -0.854. The molecular weight excluding hydrogens is 408 g/mol. The topological polar surface area (TPSA) is 94.9 Å². The second kappa shape index (κ2) is 7.82. The quantitative estimate of drug-likeness (QED) is 0.633. The van der Waals surface area contributed by atoms with E-state index in [1.165, 1.54) is 11.3 Å². The van der Waals surface area contributed by atoms with E-state index < -0.39 is 23.4 Å². The molecule has 0 radical (unpaired) electrons. The van der Waals surface area contributed by atoms with Crippen LogP contribution in [0.3, 0.4) is 0 Å². The summed E-state index contributed by atoms with van der Waals surface area (Å²) in [7, 11) is 0. The van der Waals surface area contributed by atoms with E-state index in [4.69, 9.17) is 11.6 Å². The molecule has 3 aromatic rings. The predicted molar refractivity (Wildman–Crippen MR) is 112 cm³/mol. The SMILES string of the molecule is N#CC1(NC(=O)[C@H](Cc2nc3ccccc3s2)NC(=O)c2cccc(Cl)c2)CC1. The molecule has 2 amide bonds. The van der Waals surface area contributed by atoms with Crippen molar-refractivity contribution in [3.05, 3.63) is 64.1 Å². The van der Waals surface area contributed by atoms with Crippen LogP contribution in [0.2, 0.25) is 5.02 Å². The van der Waals surface area contributed by atoms with Crippen LogP contribution in [0.15, 0.2) is 48.5 Å². The number of fused-ring (bicyclic) bond motifs is 1. The van der Waals surface area contributed by atoms with Gasteiger partial charge in [-0.15, -0.1) is 11.3 Å². The van der Waals surface area contributed by atoms with Gasteiger partial charge in [-0.1, -0.05) is 29.8 Å². The van der Waals surface area contributed by atoms with E-state index in [2.05, 4.69) is 21.7 Å². The van der Waals surface area contributed by atoms with Crippen LogP contribution >= 0.6 is 22.9 Å². The number of nitrogens with one attached hydrogen (secondary N) is 2. The summed E-state index contributed by atoms with van der Waals surface area (Å²) in [6.07, 6.45) is 1.47. The minimum absolute atomic E-state index is 0.235. The fourth-order valence-electron chi connectivity index (χ4n) is 2.98. The van der Waals surface area contributed by atoms with E-state index in [1.54, 1.807) is 24.3 Å². The van der Waals surface area contributed by atoms with Gasteiger partial charge in [0.25, 0.3) is 5.91 Å². The molecule has 2 aromatic carbocycles. The Balaban J connectivity index is 1.57. The summed E-state index contributed by atoms with van der Waals surface area (Å²) in [5.74, 6) is -0.797. The number of aromatic nitrogens is 1. The Morgan fingerprint density at radius 1 is 1.24 bits per heavy atom. The number of benzene rings is 2. The molecule has 8 heteroatoms. The fraction of sp³-hybridized carbons (Fsp3) is 0.238. The number of thiazole rings is 1. The van der Waals surface area contributed by atoms with Gasteiger partial charge in [-0.2, -0.15) is 5.26 Å². The van der Waals surface area contributed by atoms with Gasteiger partial charge >= 0.3 is 0 Å². The number of nitriles is 1. The molecule has 1 atom stereocenters. The molecule has 0 spiro atoms. The van der Waals surface area contributed by atoms with E-state index >= 15 is 0 Å². The van der Waals surface area contributed by atoms with Crippen LogP contribution in [-0.4, -0.2) is 28.4 Å². The highest BCUT2D eigenvalue weighted by Crippen LogP contribution is 2.34. The van der Waals surface area contributed by atoms with Crippen LogP contribution < -0.4 is 10.6 Å². The maximum absolute atomic E-state index is 12.9. The number of carbonyl (C=O) groups excluding carboxylic acids is 2. The van der Waals surface area contributed by atoms with Gasteiger partial charge in [0.1, 0.15) is 11.6 Å². The van der Waals surface area contributed by atoms with Crippen molar-refractivity contribution in [3.8, 4) is 6.07 Å². The van der Waals surface area contributed by atoms with Gasteiger partial charge in [-0.3, -0.25) is 9.59 Å². The first kappa shape index (κ1) is 19.4. The molecule has 146 valence electrons. The number of halogens is 1. The van der Waals surface area contributed by atoms with Crippen LogP contribution in [0.1, 0.15) is 28.2 Å². The molecule has 6 nitrogen and oxygen atoms in total. The van der Waals surface area contributed by atoms with Crippen molar-refractivity contribution in [2.45, 2.75) is 30.8 Å². The standard InChI is InChI=1S/C21H17ClN4O2S/c22-14-5-3-4-13(10-14)19(27)25-16(20(28)26-21(12-23)8-9-21)11-18-24-15-6-1-2-7-17(15)29-18/h1-7,10,16H,8-9,11H2,(H,25,27)(H,26,28)/t16-/m0/s1. The number of rotatable bonds is 6. The molecule has 1 heterocycles. The third-order valence-corrected chi connectivity index (χ3v) is 6.05. The lowest BCUT2D eigenvalue weighted by Crippen LogP contribution is -2.51. The number of hydrogen-bond acceptors (Lipinski definition) is 5. The van der Waals surface area contributed by atoms with Crippen molar-refractivity contribution in [2.24, 2.45) is 0 Å². The van der Waals surface area contributed by atoms with E-state index in [0.29, 0.717) is 23.4 Å². The number of amides is 2. The average Bonchev–Trinajstić information content (AvgIpc) is 3.36. The second-order valence-electron chi connectivity index (χ2n) is 7.00. The summed E-state index contributed by atoms with van der Waals surface area (Å²) >= 11 is 7.45. The van der Waals surface area contributed by atoms with Crippen molar-refractivity contribution >= 4 is 45.0 Å². The fourth-order valence-corrected chi connectivity index (χ4v) is 4.18. The molecule has 1 aromatic heterocycles. The van der Waals surface area contributed by atoms with Gasteiger partial charge in [0.15, 0.2) is 0 Å². The van der Waals surface area contributed by atoms with Gasteiger partial charge in [0.2, 0.25) is 5.91 Å². The molecule has 0 unspecified atom stereocenters. The first-order valence-electron chi connectivity index (χ1n) is 9.12. The van der Waals surface area contributed by atoms with E-state index in [9.17, 15) is 14.9 Å². The van der Waals surface area contributed by atoms with Crippen LogP contribution in [0.5, 0.6) is 0 Å². The maximum atomic E-state index is 12.9. The summed E-state index contributed by atoms with van der Waals surface area (Å²) in [4.78, 5) is 30.1. The van der Waals surface area contributed by atoms with Crippen molar-refractivity contribution in [3.63, 3.8) is 0 Å². The zero-order valence-corrected chi connectivity index (χ0v) is 16.9. The molecule has 29 heavy (non-hydrogen) atoms. The molecular formula is C21H17ClN4O2S. The third-order valence-electron chi connectivity index (χ3n) is 4.75. The molecule has 0 aliphatic heterocycles. The lowest BCUT2D eigenvalue weighted by atomic mass is 10.1. The number of hydrogen-bond donors (Lipinski definition) is 2. The van der Waals surface area contributed by atoms with Crippen molar-refractivity contribution in [2.75, 3.05) is 0 Å². The lowest BCUT2D eigenvalue weighted by molar-refractivity contribution is -0.123. The summed E-state index contributed by atoms with van der Waals surface area (Å²) in [6.45, 7) is 0. The first-order valence-corrected chi connectivity index (χ1v) is 10.3. The van der Waals surface area contributed by atoms with Gasteiger partial charge in [-0.25, -0.2) is 4.98 Å². The van der Waals surface area contributed by atoms with Crippen LogP contribution in [0.25, 0.3) is 10.2 Å². The normalized spacial score (nSPS) is 15.3. The summed E-state index contributed by atoms with van der Waals surface area (Å²) in [5.41, 5.74) is 0.397. The van der Waals surface area contributed by atoms with E-state index in [-0.39, 0.29) is 6.42 Å². The van der Waals surface area contributed by atoms with Crippen LogP contribution in [0.4, 0.5) is 0 Å². The summed E-state index contributed by atoms with van der Waals surface area (Å²) < 4.78 is 1.01. The van der Waals surface area contributed by atoms with Gasteiger partial charge in [0, 0.05) is 17.0 Å². The molecule has 1 aliphatic carbocycles. The molecule has 1 aliphatic rings. The Morgan fingerprint density at radius 2 is 2.03 bits per heavy atom. The maximum Gasteiger partial charge on any atom is 0.251 e. The number of nitrogens with zero attached hydrogens (tertiary/aromatic N) is 2. The zero-order valence-electron chi connectivity index (χ0n) is 15.3. The Morgan fingerprint density at radius 3 is 2.72 bits per heavy atom. The zero-order chi connectivity index (χ0) is 20.4. The third kappa shape index (κ3) is 4.39. The average molecular weight is 425 g/mol. The first-order chi connectivity index (χ1) is 14.0. The molecule has 4 rings (SSSR count). The largest absolute Gasteiger partial charge is 0.340 e. The molecule has 2 N–H and O–H groups in total. The number of para-hydroxylation sites is 1. The highest BCUT2D eigenvalue weighted by Gasteiger charge is 2.45. The van der Waals surface area contributed by atoms with Crippen molar-refractivity contribution in [1.29, 1.82) is 5.26 Å². The smallest absolute Gasteiger partial charge is 0.251 e. The van der Waals surface area contributed by atoms with Crippen LogP contribution in [-0.2, 0) is 11.2 Å². The van der Waals surface area contributed by atoms with Crippen LogP contribution in [0, 0.1) is 11.3 Å². The second-order valence-corrected chi connectivity index (χ2v) is 8.55. The Labute approximate surface area is 176 Å². The Kier molecular flexibility index (Phi) is 5.22. The Bertz CT molecular complexity index is 1100. The summed E-state index contributed by atoms with van der Waals surface area (Å²) in [5, 5.41) is 16.0. The predicted octanol–water partition coefficient (Wildman–Crippen LogP) is 3.46. The molecule has 0 saturated heterocycles. The van der Waals surface area contributed by atoms with Crippen molar-refractivity contribution < 1.29 is 9.59 Å². The van der Waals surface area contributed by atoms with E-state index in [0.717, 1.165) is 15.2 Å². The lowest BCUT2D eigenvalue weighted by Gasteiger charge is -2.19. The number of carbonyl (C=O) groups is 2.